The molecule has 0 bridgehead atoms. The molecule has 0 fully saturated rings. The first-order valence-electron chi connectivity index (χ1n) is 6.52. The van der Waals surface area contributed by atoms with Crippen molar-refractivity contribution in [2.75, 3.05) is 33.7 Å². The number of likely N-dealkylation sites (N-methyl/N-ethyl adjacent to an activating group) is 1. The molecule has 0 saturated heterocycles. The molecule has 0 aliphatic heterocycles. The molecule has 0 saturated carbocycles. The Morgan fingerprint density at radius 3 is 2.42 bits per heavy atom. The van der Waals surface area contributed by atoms with Gasteiger partial charge in [0.05, 0.1) is 18.8 Å². The van der Waals surface area contributed by atoms with Crippen molar-refractivity contribution in [1.82, 2.24) is 14.4 Å². The SMILES string of the molecule is CCCN(CC(=O)c1cccn1C)CC(=O)N(C)C. The summed E-state index contributed by atoms with van der Waals surface area (Å²) >= 11 is 0. The molecule has 5 heteroatoms. The van der Waals surface area contributed by atoms with Gasteiger partial charge in [0.1, 0.15) is 0 Å². The zero-order valence-electron chi connectivity index (χ0n) is 12.2. The molecule has 1 aromatic heterocycles. The summed E-state index contributed by atoms with van der Waals surface area (Å²) in [6, 6.07) is 3.66. The van der Waals surface area contributed by atoms with Crippen LogP contribution in [0.15, 0.2) is 18.3 Å². The fourth-order valence-corrected chi connectivity index (χ4v) is 1.90. The smallest absolute Gasteiger partial charge is 0.236 e. The van der Waals surface area contributed by atoms with Crippen LogP contribution in [0.25, 0.3) is 0 Å². The molecule has 19 heavy (non-hydrogen) atoms. The van der Waals surface area contributed by atoms with Crippen LogP contribution in [0, 0.1) is 0 Å². The second-order valence-corrected chi connectivity index (χ2v) is 4.93. The maximum atomic E-state index is 12.2. The van der Waals surface area contributed by atoms with Gasteiger partial charge in [-0.1, -0.05) is 6.92 Å². The summed E-state index contributed by atoms with van der Waals surface area (Å²) in [4.78, 5) is 27.4. The van der Waals surface area contributed by atoms with E-state index in [0.717, 1.165) is 13.0 Å². The lowest BCUT2D eigenvalue weighted by atomic mass is 10.2. The van der Waals surface area contributed by atoms with E-state index in [4.69, 9.17) is 0 Å². The van der Waals surface area contributed by atoms with Crippen LogP contribution < -0.4 is 0 Å². The third-order valence-corrected chi connectivity index (χ3v) is 2.99. The molecule has 0 aliphatic carbocycles. The molecule has 1 aromatic rings. The lowest BCUT2D eigenvalue weighted by Crippen LogP contribution is -2.40. The van der Waals surface area contributed by atoms with Crippen LogP contribution in [-0.4, -0.2) is 59.8 Å². The first-order valence-corrected chi connectivity index (χ1v) is 6.52. The van der Waals surface area contributed by atoms with E-state index < -0.39 is 0 Å². The second-order valence-electron chi connectivity index (χ2n) is 4.93. The van der Waals surface area contributed by atoms with Gasteiger partial charge in [0.25, 0.3) is 0 Å². The Kier molecular flexibility index (Phi) is 5.76. The summed E-state index contributed by atoms with van der Waals surface area (Å²) in [5.74, 6) is 0.0700. The highest BCUT2D eigenvalue weighted by Crippen LogP contribution is 2.04. The third kappa shape index (κ3) is 4.52. The maximum Gasteiger partial charge on any atom is 0.236 e. The summed E-state index contributed by atoms with van der Waals surface area (Å²) in [6.45, 7) is 3.36. The normalized spacial score (nSPS) is 10.8. The number of hydrogen-bond acceptors (Lipinski definition) is 3. The van der Waals surface area contributed by atoms with Gasteiger partial charge in [-0.05, 0) is 25.1 Å². The Hall–Kier alpha value is -1.62. The van der Waals surface area contributed by atoms with E-state index >= 15 is 0 Å². The molecule has 0 spiro atoms. The summed E-state index contributed by atoms with van der Waals surface area (Å²) in [7, 11) is 5.30. The first-order chi connectivity index (χ1) is 8.95. The Labute approximate surface area is 114 Å². The van der Waals surface area contributed by atoms with Gasteiger partial charge in [0, 0.05) is 27.3 Å². The topological polar surface area (TPSA) is 45.6 Å². The molecule has 0 unspecified atom stereocenters. The Morgan fingerprint density at radius 2 is 1.95 bits per heavy atom. The zero-order valence-corrected chi connectivity index (χ0v) is 12.2. The molecular weight excluding hydrogens is 242 g/mol. The van der Waals surface area contributed by atoms with Crippen molar-refractivity contribution < 1.29 is 9.59 Å². The van der Waals surface area contributed by atoms with Gasteiger partial charge in [-0.2, -0.15) is 0 Å². The minimum absolute atomic E-state index is 0.0214. The number of Topliss-reactive ketones (excluding diaryl/α,β-unsaturated/α-hetero) is 1. The monoisotopic (exact) mass is 265 g/mol. The second kappa shape index (κ2) is 7.09. The van der Waals surface area contributed by atoms with E-state index in [0.29, 0.717) is 5.69 Å². The van der Waals surface area contributed by atoms with Crippen molar-refractivity contribution in [1.29, 1.82) is 0 Å². The molecule has 0 atom stereocenters. The highest BCUT2D eigenvalue weighted by Gasteiger charge is 2.17. The van der Waals surface area contributed by atoms with E-state index in [9.17, 15) is 9.59 Å². The van der Waals surface area contributed by atoms with Crippen molar-refractivity contribution in [2.24, 2.45) is 7.05 Å². The van der Waals surface area contributed by atoms with Crippen LogP contribution in [0.3, 0.4) is 0 Å². The average Bonchev–Trinajstić information content (AvgIpc) is 2.75. The number of hydrogen-bond donors (Lipinski definition) is 0. The molecule has 5 nitrogen and oxygen atoms in total. The fourth-order valence-electron chi connectivity index (χ4n) is 1.90. The predicted octanol–water partition coefficient (Wildman–Crippen LogP) is 1.01. The number of aryl methyl sites for hydroxylation is 1. The Morgan fingerprint density at radius 1 is 1.26 bits per heavy atom. The van der Waals surface area contributed by atoms with Crippen molar-refractivity contribution in [3.05, 3.63) is 24.0 Å². The molecule has 1 heterocycles. The van der Waals surface area contributed by atoms with E-state index in [2.05, 4.69) is 0 Å². The van der Waals surface area contributed by atoms with E-state index in [1.54, 1.807) is 29.6 Å². The van der Waals surface area contributed by atoms with Crippen molar-refractivity contribution >= 4 is 11.7 Å². The number of amides is 1. The minimum atomic E-state index is 0.0214. The number of rotatable bonds is 7. The van der Waals surface area contributed by atoms with Crippen LogP contribution in [0.1, 0.15) is 23.8 Å². The van der Waals surface area contributed by atoms with Crippen molar-refractivity contribution in [3.8, 4) is 0 Å². The van der Waals surface area contributed by atoms with Gasteiger partial charge in [0.2, 0.25) is 5.91 Å². The van der Waals surface area contributed by atoms with Gasteiger partial charge < -0.3 is 9.47 Å². The quantitative estimate of drug-likeness (QED) is 0.691. The van der Waals surface area contributed by atoms with Gasteiger partial charge >= 0.3 is 0 Å². The molecule has 1 rings (SSSR count). The summed E-state index contributed by atoms with van der Waals surface area (Å²) in [5.41, 5.74) is 0.679. The highest BCUT2D eigenvalue weighted by atomic mass is 16.2. The third-order valence-electron chi connectivity index (χ3n) is 2.99. The standard InChI is InChI=1S/C14H23N3O2/c1-5-8-17(11-14(19)15(2)3)10-13(18)12-7-6-9-16(12)4/h6-7,9H,5,8,10-11H2,1-4H3. The van der Waals surface area contributed by atoms with Crippen LogP contribution in [-0.2, 0) is 11.8 Å². The van der Waals surface area contributed by atoms with Crippen LogP contribution in [0.4, 0.5) is 0 Å². The summed E-state index contributed by atoms with van der Waals surface area (Å²) in [6.07, 6.45) is 2.77. The van der Waals surface area contributed by atoms with E-state index in [1.807, 2.05) is 31.1 Å². The number of ketones is 1. The molecule has 0 aromatic carbocycles. The average molecular weight is 265 g/mol. The number of carbonyl (C=O) groups excluding carboxylic acids is 2. The number of carbonyl (C=O) groups is 2. The van der Waals surface area contributed by atoms with Gasteiger partial charge in [-0.25, -0.2) is 0 Å². The minimum Gasteiger partial charge on any atom is -0.348 e. The lowest BCUT2D eigenvalue weighted by molar-refractivity contribution is -0.129. The molecular formula is C14H23N3O2. The van der Waals surface area contributed by atoms with Crippen LogP contribution in [0.2, 0.25) is 0 Å². The summed E-state index contributed by atoms with van der Waals surface area (Å²) < 4.78 is 1.81. The number of nitrogens with zero attached hydrogens (tertiary/aromatic N) is 3. The molecule has 0 radical (unpaired) electrons. The Balaban J connectivity index is 2.65. The molecule has 1 amide bonds. The summed E-state index contributed by atoms with van der Waals surface area (Å²) in [5, 5.41) is 0. The first kappa shape index (κ1) is 15.4. The molecule has 0 aliphatic rings. The highest BCUT2D eigenvalue weighted by molar-refractivity contribution is 5.96. The van der Waals surface area contributed by atoms with Gasteiger partial charge in [0.15, 0.2) is 5.78 Å². The lowest BCUT2D eigenvalue weighted by Gasteiger charge is -2.22. The Bertz CT molecular complexity index is 438. The van der Waals surface area contributed by atoms with Gasteiger partial charge in [-0.3, -0.25) is 14.5 Å². The number of aromatic nitrogens is 1. The molecule has 0 N–H and O–H groups in total. The van der Waals surface area contributed by atoms with E-state index in [1.165, 1.54) is 0 Å². The van der Waals surface area contributed by atoms with Crippen LogP contribution in [0.5, 0.6) is 0 Å². The van der Waals surface area contributed by atoms with Crippen LogP contribution >= 0.6 is 0 Å². The fraction of sp³-hybridized carbons (Fsp3) is 0.571. The molecule has 106 valence electrons. The van der Waals surface area contributed by atoms with Gasteiger partial charge in [-0.15, -0.1) is 0 Å². The maximum absolute atomic E-state index is 12.2. The predicted molar refractivity (Wildman–Crippen MR) is 75.2 cm³/mol. The van der Waals surface area contributed by atoms with Crippen molar-refractivity contribution in [3.63, 3.8) is 0 Å². The zero-order chi connectivity index (χ0) is 14.4. The van der Waals surface area contributed by atoms with E-state index in [-0.39, 0.29) is 24.8 Å². The largest absolute Gasteiger partial charge is 0.348 e. The van der Waals surface area contributed by atoms with Crippen molar-refractivity contribution in [2.45, 2.75) is 13.3 Å².